The molecule has 2 fully saturated rings. The van der Waals surface area contributed by atoms with Crippen LogP contribution < -0.4 is 5.32 Å². The molecule has 0 aliphatic carbocycles. The average Bonchev–Trinajstić information content (AvgIpc) is 2.74. The summed E-state index contributed by atoms with van der Waals surface area (Å²) in [5, 5.41) is 3.64. The van der Waals surface area contributed by atoms with E-state index in [2.05, 4.69) is 31.0 Å². The Balaban J connectivity index is 1.95. The fourth-order valence-electron chi connectivity index (χ4n) is 3.35. The molecule has 2 saturated heterocycles. The van der Waals surface area contributed by atoms with Gasteiger partial charge in [0, 0.05) is 13.1 Å². The maximum atomic E-state index is 12.7. The second-order valence-electron chi connectivity index (χ2n) is 6.20. The van der Waals surface area contributed by atoms with Crippen molar-refractivity contribution in [3.8, 4) is 0 Å². The third-order valence-electron chi connectivity index (χ3n) is 4.53. The summed E-state index contributed by atoms with van der Waals surface area (Å²) in [5.41, 5.74) is 0. The molecule has 2 aliphatic rings. The molecule has 2 rings (SSSR count). The second kappa shape index (κ2) is 6.98. The average molecular weight is 284 g/mol. The fourth-order valence-corrected chi connectivity index (χ4v) is 4.38. The fraction of sp³-hybridized carbons (Fsp3) is 0.933. The number of fused-ring (bicyclic) bond motifs is 1. The highest BCUT2D eigenvalue weighted by atomic mass is 32.2. The molecule has 0 bridgehead atoms. The number of carbonyl (C=O) groups is 1. The standard InChI is InChI=1S/C15H28N2OS/c1-4-19-14(11(2)3)15(18)17-7-5-12-9-16-10-13(12)6-8-17/h11-14,16H,4-10H2,1-3H3/t12-,13+,14?. The number of hydrogen-bond donors (Lipinski definition) is 1. The normalized spacial score (nSPS) is 29.2. The Hall–Kier alpha value is -0.220. The van der Waals surface area contributed by atoms with Crippen LogP contribution in [0.15, 0.2) is 0 Å². The van der Waals surface area contributed by atoms with Crippen molar-refractivity contribution in [2.24, 2.45) is 17.8 Å². The molecule has 0 radical (unpaired) electrons. The lowest BCUT2D eigenvalue weighted by Crippen LogP contribution is -2.41. The van der Waals surface area contributed by atoms with Crippen molar-refractivity contribution in [3.63, 3.8) is 0 Å². The molecule has 0 saturated carbocycles. The summed E-state index contributed by atoms with van der Waals surface area (Å²) in [6, 6.07) is 0. The molecule has 3 atom stereocenters. The molecular formula is C15H28N2OS. The highest BCUT2D eigenvalue weighted by Crippen LogP contribution is 2.29. The van der Waals surface area contributed by atoms with Gasteiger partial charge in [-0.2, -0.15) is 0 Å². The number of likely N-dealkylation sites (tertiary alicyclic amines) is 1. The first-order valence-corrected chi connectivity index (χ1v) is 8.79. The Morgan fingerprint density at radius 2 is 1.84 bits per heavy atom. The van der Waals surface area contributed by atoms with Crippen molar-refractivity contribution >= 4 is 17.7 Å². The van der Waals surface area contributed by atoms with E-state index >= 15 is 0 Å². The number of carbonyl (C=O) groups excluding carboxylic acids is 1. The van der Waals surface area contributed by atoms with Crippen LogP contribution in [-0.2, 0) is 4.79 Å². The molecule has 0 spiro atoms. The molecule has 1 amide bonds. The first kappa shape index (κ1) is 15.2. The number of amides is 1. The second-order valence-corrected chi connectivity index (χ2v) is 7.62. The molecule has 19 heavy (non-hydrogen) atoms. The van der Waals surface area contributed by atoms with E-state index in [1.807, 2.05) is 11.8 Å². The zero-order valence-corrected chi connectivity index (χ0v) is 13.3. The molecule has 4 heteroatoms. The lowest BCUT2D eigenvalue weighted by atomic mass is 9.92. The zero-order chi connectivity index (χ0) is 13.8. The number of hydrogen-bond acceptors (Lipinski definition) is 3. The molecule has 1 N–H and O–H groups in total. The van der Waals surface area contributed by atoms with Crippen molar-refractivity contribution in [2.45, 2.75) is 38.9 Å². The highest BCUT2D eigenvalue weighted by molar-refractivity contribution is 8.00. The van der Waals surface area contributed by atoms with Crippen LogP contribution in [0.5, 0.6) is 0 Å². The summed E-state index contributed by atoms with van der Waals surface area (Å²) in [7, 11) is 0. The minimum atomic E-state index is 0.154. The zero-order valence-electron chi connectivity index (χ0n) is 12.5. The Bertz CT molecular complexity index is 295. The van der Waals surface area contributed by atoms with Crippen LogP contribution in [0.1, 0.15) is 33.6 Å². The summed E-state index contributed by atoms with van der Waals surface area (Å²) < 4.78 is 0. The van der Waals surface area contributed by atoms with Crippen LogP contribution >= 0.6 is 11.8 Å². The van der Waals surface area contributed by atoms with Gasteiger partial charge in [0.1, 0.15) is 0 Å². The van der Waals surface area contributed by atoms with Crippen LogP contribution in [-0.4, -0.2) is 48.0 Å². The van der Waals surface area contributed by atoms with Crippen molar-refractivity contribution < 1.29 is 4.79 Å². The third-order valence-corrected chi connectivity index (χ3v) is 5.96. The Labute approximate surface area is 121 Å². The topological polar surface area (TPSA) is 32.3 Å². The third kappa shape index (κ3) is 3.66. The minimum absolute atomic E-state index is 0.154. The van der Waals surface area contributed by atoms with E-state index in [1.54, 1.807) is 0 Å². The summed E-state index contributed by atoms with van der Waals surface area (Å²) >= 11 is 1.81. The van der Waals surface area contributed by atoms with E-state index in [-0.39, 0.29) is 5.25 Å². The lowest BCUT2D eigenvalue weighted by molar-refractivity contribution is -0.131. The van der Waals surface area contributed by atoms with Crippen LogP contribution in [0, 0.1) is 17.8 Å². The number of nitrogens with one attached hydrogen (secondary N) is 1. The van der Waals surface area contributed by atoms with Gasteiger partial charge in [0.15, 0.2) is 0 Å². The summed E-state index contributed by atoms with van der Waals surface area (Å²) in [6.07, 6.45) is 2.37. The van der Waals surface area contributed by atoms with Gasteiger partial charge in [-0.15, -0.1) is 11.8 Å². The molecule has 0 aromatic carbocycles. The monoisotopic (exact) mass is 284 g/mol. The van der Waals surface area contributed by atoms with Gasteiger partial charge in [-0.1, -0.05) is 20.8 Å². The SMILES string of the molecule is CCSC(C(=O)N1CC[C@@H]2CNC[C@@H]2CC1)C(C)C. The molecule has 2 heterocycles. The van der Waals surface area contributed by atoms with Crippen molar-refractivity contribution in [2.75, 3.05) is 31.9 Å². The van der Waals surface area contributed by atoms with Gasteiger partial charge in [-0.25, -0.2) is 0 Å². The lowest BCUT2D eigenvalue weighted by Gasteiger charge is -2.28. The molecule has 2 aliphatic heterocycles. The predicted molar refractivity (Wildman–Crippen MR) is 82.4 cm³/mol. The molecule has 0 aromatic heterocycles. The molecular weight excluding hydrogens is 256 g/mol. The molecule has 110 valence electrons. The highest BCUT2D eigenvalue weighted by Gasteiger charge is 2.34. The Morgan fingerprint density at radius 1 is 1.26 bits per heavy atom. The first-order valence-electron chi connectivity index (χ1n) is 7.74. The van der Waals surface area contributed by atoms with Crippen LogP contribution in [0.25, 0.3) is 0 Å². The van der Waals surface area contributed by atoms with E-state index in [4.69, 9.17) is 0 Å². The van der Waals surface area contributed by atoms with E-state index in [9.17, 15) is 4.79 Å². The van der Waals surface area contributed by atoms with Crippen molar-refractivity contribution in [1.29, 1.82) is 0 Å². The van der Waals surface area contributed by atoms with E-state index < -0.39 is 0 Å². The van der Waals surface area contributed by atoms with Crippen molar-refractivity contribution in [1.82, 2.24) is 10.2 Å². The molecule has 3 nitrogen and oxygen atoms in total. The van der Waals surface area contributed by atoms with Crippen molar-refractivity contribution in [3.05, 3.63) is 0 Å². The van der Waals surface area contributed by atoms with Gasteiger partial charge in [-0.3, -0.25) is 4.79 Å². The summed E-state index contributed by atoms with van der Waals surface area (Å²) in [5.74, 6) is 3.44. The maximum absolute atomic E-state index is 12.7. The minimum Gasteiger partial charge on any atom is -0.342 e. The number of rotatable bonds is 4. The number of thioether (sulfide) groups is 1. The smallest absolute Gasteiger partial charge is 0.235 e. The van der Waals surface area contributed by atoms with Crippen LogP contribution in [0.3, 0.4) is 0 Å². The predicted octanol–water partition coefficient (Wildman–Crippen LogP) is 2.22. The number of nitrogens with zero attached hydrogens (tertiary/aromatic N) is 1. The van der Waals surface area contributed by atoms with Gasteiger partial charge in [0.2, 0.25) is 5.91 Å². The largest absolute Gasteiger partial charge is 0.342 e. The first-order chi connectivity index (χ1) is 9.13. The quantitative estimate of drug-likeness (QED) is 0.859. The molecule has 1 unspecified atom stereocenters. The van der Waals surface area contributed by atoms with Gasteiger partial charge in [-0.05, 0) is 49.4 Å². The Morgan fingerprint density at radius 3 is 2.32 bits per heavy atom. The maximum Gasteiger partial charge on any atom is 0.235 e. The van der Waals surface area contributed by atoms with Crippen LogP contribution in [0.4, 0.5) is 0 Å². The summed E-state index contributed by atoms with van der Waals surface area (Å²) in [4.78, 5) is 14.8. The van der Waals surface area contributed by atoms with Crippen LogP contribution in [0.2, 0.25) is 0 Å². The van der Waals surface area contributed by atoms with E-state index in [0.29, 0.717) is 11.8 Å². The van der Waals surface area contributed by atoms with Gasteiger partial charge >= 0.3 is 0 Å². The van der Waals surface area contributed by atoms with Gasteiger partial charge in [0.05, 0.1) is 5.25 Å². The van der Waals surface area contributed by atoms with Gasteiger partial charge < -0.3 is 10.2 Å². The van der Waals surface area contributed by atoms with Gasteiger partial charge in [0.25, 0.3) is 0 Å². The summed E-state index contributed by atoms with van der Waals surface area (Å²) in [6.45, 7) is 10.7. The molecule has 0 aromatic rings. The Kier molecular flexibility index (Phi) is 5.58. The van der Waals surface area contributed by atoms with E-state index in [0.717, 1.165) is 43.8 Å². The van der Waals surface area contributed by atoms with E-state index in [1.165, 1.54) is 12.8 Å².